The van der Waals surface area contributed by atoms with E-state index in [0.717, 1.165) is 16.2 Å². The topological polar surface area (TPSA) is 128 Å². The summed E-state index contributed by atoms with van der Waals surface area (Å²) in [6.45, 7) is 1.80. The van der Waals surface area contributed by atoms with Crippen LogP contribution in [0, 0.1) is 0 Å². The molecule has 3 N–H and O–H groups in total. The Kier molecular flexibility index (Phi) is 12.2. The van der Waals surface area contributed by atoms with E-state index < -0.39 is 17.1 Å². The van der Waals surface area contributed by atoms with E-state index in [1.165, 1.54) is 50.5 Å². The summed E-state index contributed by atoms with van der Waals surface area (Å²) >= 11 is 8.69. The van der Waals surface area contributed by atoms with Gasteiger partial charge in [-0.3, -0.25) is 14.4 Å². The van der Waals surface area contributed by atoms with Crippen LogP contribution in [0.3, 0.4) is 0 Å². The van der Waals surface area contributed by atoms with Gasteiger partial charge in [-0.15, -0.1) is 23.1 Å². The number of benzene rings is 4. The molecule has 1 heterocycles. The van der Waals surface area contributed by atoms with Crippen LogP contribution < -0.4 is 30.2 Å². The Bertz CT molecular complexity index is 2000. The lowest BCUT2D eigenvalue weighted by atomic mass is 10.1. The van der Waals surface area contributed by atoms with Gasteiger partial charge in [0.05, 0.1) is 32.3 Å². The first-order valence-corrected chi connectivity index (χ1v) is 17.3. The Labute approximate surface area is 302 Å². The van der Waals surface area contributed by atoms with Crippen molar-refractivity contribution in [3.8, 4) is 28.5 Å². The van der Waals surface area contributed by atoms with Crippen LogP contribution in [0.4, 0.5) is 10.8 Å². The molecule has 1 atom stereocenters. The number of carbonyl (C=O) groups is 3. The largest absolute Gasteiger partial charge is 0.496 e. The number of hydrogen-bond acceptors (Lipinski definition) is 9. The number of amides is 3. The molecule has 10 nitrogen and oxygen atoms in total. The Morgan fingerprint density at radius 1 is 0.840 bits per heavy atom. The smallest absolute Gasteiger partial charge is 0.272 e. The minimum Gasteiger partial charge on any atom is -0.496 e. The average molecular weight is 729 g/mol. The van der Waals surface area contributed by atoms with Gasteiger partial charge in [0, 0.05) is 43.7 Å². The van der Waals surface area contributed by atoms with Crippen molar-refractivity contribution in [2.24, 2.45) is 0 Å². The Hall–Kier alpha value is -5.30. The zero-order valence-corrected chi connectivity index (χ0v) is 29.9. The molecule has 0 fully saturated rings. The summed E-state index contributed by atoms with van der Waals surface area (Å²) in [6.07, 6.45) is 1.50. The summed E-state index contributed by atoms with van der Waals surface area (Å²) in [4.78, 5) is 45.1. The Morgan fingerprint density at radius 2 is 1.50 bits per heavy atom. The number of aromatic nitrogens is 1. The van der Waals surface area contributed by atoms with Gasteiger partial charge in [0.25, 0.3) is 11.8 Å². The number of thioether (sulfide) groups is 1. The SMILES string of the molecule is COc1cc(OC)c(OC)cc1/C=C(\NC(=O)c1ccccc1)C(=O)Nc1ccc(SC(C)C(=O)Nc2nc(-c3ccc(Cl)cc3)cs2)cc1. The van der Waals surface area contributed by atoms with Crippen LogP contribution in [0.15, 0.2) is 107 Å². The van der Waals surface area contributed by atoms with E-state index in [0.29, 0.717) is 44.2 Å². The molecule has 0 aliphatic heterocycles. The molecule has 5 rings (SSSR count). The van der Waals surface area contributed by atoms with Gasteiger partial charge in [-0.25, -0.2) is 4.98 Å². The van der Waals surface area contributed by atoms with E-state index in [2.05, 4.69) is 20.9 Å². The van der Waals surface area contributed by atoms with Crippen LogP contribution in [0.25, 0.3) is 17.3 Å². The average Bonchev–Trinajstić information content (AvgIpc) is 3.60. The van der Waals surface area contributed by atoms with Crippen molar-refractivity contribution >= 4 is 69.3 Å². The predicted octanol–water partition coefficient (Wildman–Crippen LogP) is 8.02. The summed E-state index contributed by atoms with van der Waals surface area (Å²) in [5.41, 5.74) is 2.95. The van der Waals surface area contributed by atoms with Crippen molar-refractivity contribution in [1.82, 2.24) is 10.3 Å². The van der Waals surface area contributed by atoms with Crippen LogP contribution in [0.1, 0.15) is 22.8 Å². The zero-order chi connectivity index (χ0) is 35.6. The fourth-order valence-electron chi connectivity index (χ4n) is 4.63. The van der Waals surface area contributed by atoms with E-state index in [9.17, 15) is 14.4 Å². The third-order valence-electron chi connectivity index (χ3n) is 7.23. The molecule has 0 aliphatic rings. The molecule has 0 spiro atoms. The zero-order valence-electron chi connectivity index (χ0n) is 27.5. The van der Waals surface area contributed by atoms with Crippen LogP contribution in [-0.2, 0) is 9.59 Å². The first-order chi connectivity index (χ1) is 24.2. The number of thiazole rings is 1. The quantitative estimate of drug-likeness (QED) is 0.0822. The number of anilines is 2. The predicted molar refractivity (Wildman–Crippen MR) is 200 cm³/mol. The fourth-order valence-corrected chi connectivity index (χ4v) is 6.34. The Morgan fingerprint density at radius 3 is 2.16 bits per heavy atom. The number of ether oxygens (including phenoxy) is 3. The first-order valence-electron chi connectivity index (χ1n) is 15.2. The molecule has 3 amide bonds. The number of rotatable bonds is 13. The van der Waals surface area contributed by atoms with E-state index in [-0.39, 0.29) is 11.6 Å². The van der Waals surface area contributed by atoms with Gasteiger partial charge in [0.15, 0.2) is 16.6 Å². The monoisotopic (exact) mass is 728 g/mol. The van der Waals surface area contributed by atoms with Crippen molar-refractivity contribution < 1.29 is 28.6 Å². The van der Waals surface area contributed by atoms with E-state index in [1.807, 2.05) is 17.5 Å². The molecule has 5 aromatic rings. The fraction of sp³-hybridized carbons (Fsp3) is 0.135. The van der Waals surface area contributed by atoms with E-state index in [1.54, 1.807) is 85.8 Å². The van der Waals surface area contributed by atoms with Crippen molar-refractivity contribution in [3.05, 3.63) is 118 Å². The molecule has 0 saturated carbocycles. The molecular formula is C37H33ClN4O6S2. The van der Waals surface area contributed by atoms with Crippen molar-refractivity contribution in [2.75, 3.05) is 32.0 Å². The van der Waals surface area contributed by atoms with Gasteiger partial charge in [-0.2, -0.15) is 0 Å². The maximum Gasteiger partial charge on any atom is 0.272 e. The molecule has 0 radical (unpaired) electrons. The number of carbonyl (C=O) groups excluding carboxylic acids is 3. The highest BCUT2D eigenvalue weighted by Crippen LogP contribution is 2.36. The van der Waals surface area contributed by atoms with Gasteiger partial charge < -0.3 is 30.2 Å². The van der Waals surface area contributed by atoms with Crippen LogP contribution >= 0.6 is 34.7 Å². The first kappa shape index (κ1) is 36.0. The lowest BCUT2D eigenvalue weighted by molar-refractivity contribution is -0.115. The minimum absolute atomic E-state index is 0.0328. The molecule has 4 aromatic carbocycles. The maximum absolute atomic E-state index is 13.6. The molecule has 1 aromatic heterocycles. The number of hydrogen-bond donors (Lipinski definition) is 3. The van der Waals surface area contributed by atoms with Gasteiger partial charge in [0.2, 0.25) is 5.91 Å². The third kappa shape index (κ3) is 9.23. The lowest BCUT2D eigenvalue weighted by Crippen LogP contribution is -2.30. The third-order valence-corrected chi connectivity index (χ3v) is 9.35. The van der Waals surface area contributed by atoms with Crippen molar-refractivity contribution in [3.63, 3.8) is 0 Å². The highest BCUT2D eigenvalue weighted by Gasteiger charge is 2.19. The van der Waals surface area contributed by atoms with Crippen LogP contribution in [-0.4, -0.2) is 49.3 Å². The minimum atomic E-state index is -0.569. The summed E-state index contributed by atoms with van der Waals surface area (Å²) in [6, 6.07) is 26.2. The molecule has 0 saturated heterocycles. The van der Waals surface area contributed by atoms with Gasteiger partial charge >= 0.3 is 0 Å². The second kappa shape index (κ2) is 16.9. The van der Waals surface area contributed by atoms with Gasteiger partial charge in [-0.1, -0.05) is 41.9 Å². The molecular weight excluding hydrogens is 696 g/mol. The van der Waals surface area contributed by atoms with Gasteiger partial charge in [0.1, 0.15) is 11.4 Å². The number of halogens is 1. The lowest BCUT2D eigenvalue weighted by Gasteiger charge is -2.15. The second-order valence-corrected chi connectivity index (χ2v) is 13.3. The molecule has 13 heteroatoms. The highest BCUT2D eigenvalue weighted by atomic mass is 35.5. The number of nitrogens with zero attached hydrogens (tertiary/aromatic N) is 1. The summed E-state index contributed by atoms with van der Waals surface area (Å²) in [5.74, 6) is 0.0263. The molecule has 50 heavy (non-hydrogen) atoms. The Balaban J connectivity index is 1.28. The molecule has 0 bridgehead atoms. The number of nitrogens with one attached hydrogen (secondary N) is 3. The van der Waals surface area contributed by atoms with E-state index >= 15 is 0 Å². The van der Waals surface area contributed by atoms with Crippen molar-refractivity contribution in [2.45, 2.75) is 17.1 Å². The van der Waals surface area contributed by atoms with Crippen LogP contribution in [0.5, 0.6) is 17.2 Å². The second-order valence-electron chi connectivity index (χ2n) is 10.6. The summed E-state index contributed by atoms with van der Waals surface area (Å²) in [7, 11) is 4.49. The van der Waals surface area contributed by atoms with E-state index in [4.69, 9.17) is 25.8 Å². The van der Waals surface area contributed by atoms with Crippen LogP contribution in [0.2, 0.25) is 5.02 Å². The maximum atomic E-state index is 13.6. The van der Waals surface area contributed by atoms with Crippen molar-refractivity contribution in [1.29, 1.82) is 0 Å². The van der Waals surface area contributed by atoms with Gasteiger partial charge in [-0.05, 0) is 67.6 Å². The standard InChI is InChI=1S/C37H33ClN4O6S2/c1-22(34(43)42-37-41-30(21-49-37)23-10-12-26(38)13-11-23)50-28-16-14-27(15-17-28)39-36(45)29(40-35(44)24-8-6-5-7-9-24)18-25-19-32(47-3)33(48-4)20-31(25)46-2/h5-22H,1-4H3,(H,39,45)(H,40,44)(H,41,42,43)/b29-18-. The highest BCUT2D eigenvalue weighted by molar-refractivity contribution is 8.00. The molecule has 256 valence electrons. The summed E-state index contributed by atoms with van der Waals surface area (Å²) < 4.78 is 16.3. The molecule has 1 unspecified atom stereocenters. The normalized spacial score (nSPS) is 11.7. The molecule has 0 aliphatic carbocycles. The summed E-state index contributed by atoms with van der Waals surface area (Å²) in [5, 5.41) is 11.0. The number of methoxy groups -OCH3 is 3.